The molecule has 2 nitrogen and oxygen atoms in total. The highest BCUT2D eigenvalue weighted by atomic mass is 16.5. The molecule has 0 aliphatic heterocycles. The molecular weight excluding hydrogens is 174 g/mol. The van der Waals surface area contributed by atoms with Crippen LogP contribution in [0.2, 0.25) is 0 Å². The molecule has 0 saturated heterocycles. The Balaban J connectivity index is 2.64. The van der Waals surface area contributed by atoms with Crippen molar-refractivity contribution < 1.29 is 4.74 Å². The summed E-state index contributed by atoms with van der Waals surface area (Å²) in [7, 11) is 1.66. The summed E-state index contributed by atoms with van der Waals surface area (Å²) in [6.07, 6.45) is 0. The highest BCUT2D eigenvalue weighted by Crippen LogP contribution is 2.18. The molecule has 0 aliphatic carbocycles. The first kappa shape index (κ1) is 10.6. The van der Waals surface area contributed by atoms with Crippen molar-refractivity contribution in [2.24, 2.45) is 5.92 Å². The SMILES string of the molecule is C=C(Nc1ccc(OC)cc1)C(C)C. The molecule has 2 heteroatoms. The van der Waals surface area contributed by atoms with E-state index in [1.807, 2.05) is 24.3 Å². The van der Waals surface area contributed by atoms with Gasteiger partial charge in [-0.1, -0.05) is 20.4 Å². The zero-order chi connectivity index (χ0) is 10.6. The van der Waals surface area contributed by atoms with Gasteiger partial charge in [-0.3, -0.25) is 0 Å². The van der Waals surface area contributed by atoms with Gasteiger partial charge in [0.1, 0.15) is 5.75 Å². The summed E-state index contributed by atoms with van der Waals surface area (Å²) in [5.41, 5.74) is 2.07. The summed E-state index contributed by atoms with van der Waals surface area (Å²) < 4.78 is 5.07. The molecule has 76 valence electrons. The largest absolute Gasteiger partial charge is 0.497 e. The zero-order valence-corrected chi connectivity index (χ0v) is 9.00. The van der Waals surface area contributed by atoms with Crippen molar-refractivity contribution in [3.8, 4) is 5.75 Å². The number of hydrogen-bond donors (Lipinski definition) is 1. The van der Waals surface area contributed by atoms with E-state index in [0.29, 0.717) is 5.92 Å². The molecule has 0 aliphatic rings. The van der Waals surface area contributed by atoms with Crippen LogP contribution in [0.25, 0.3) is 0 Å². The van der Waals surface area contributed by atoms with Crippen LogP contribution in [0.1, 0.15) is 13.8 Å². The maximum Gasteiger partial charge on any atom is 0.119 e. The molecule has 14 heavy (non-hydrogen) atoms. The Morgan fingerprint density at radius 1 is 1.29 bits per heavy atom. The third-order valence-corrected chi connectivity index (χ3v) is 2.09. The van der Waals surface area contributed by atoms with Crippen LogP contribution in [0.3, 0.4) is 0 Å². The lowest BCUT2D eigenvalue weighted by Crippen LogP contribution is -2.03. The molecule has 1 N–H and O–H groups in total. The van der Waals surface area contributed by atoms with Gasteiger partial charge in [0.05, 0.1) is 7.11 Å². The average Bonchev–Trinajstić information content (AvgIpc) is 2.19. The van der Waals surface area contributed by atoms with Crippen molar-refractivity contribution >= 4 is 5.69 Å². The van der Waals surface area contributed by atoms with Crippen LogP contribution >= 0.6 is 0 Å². The first-order chi connectivity index (χ1) is 6.63. The van der Waals surface area contributed by atoms with E-state index in [0.717, 1.165) is 17.1 Å². The maximum atomic E-state index is 5.07. The number of rotatable bonds is 4. The van der Waals surface area contributed by atoms with E-state index < -0.39 is 0 Å². The quantitative estimate of drug-likeness (QED) is 0.788. The second kappa shape index (κ2) is 4.70. The van der Waals surface area contributed by atoms with Crippen molar-refractivity contribution in [3.63, 3.8) is 0 Å². The summed E-state index contributed by atoms with van der Waals surface area (Å²) in [6, 6.07) is 7.81. The normalized spacial score (nSPS) is 10.0. The molecule has 0 radical (unpaired) electrons. The fourth-order valence-corrected chi connectivity index (χ4v) is 1.00. The van der Waals surface area contributed by atoms with Crippen LogP contribution < -0.4 is 10.1 Å². The number of allylic oxidation sites excluding steroid dienone is 1. The van der Waals surface area contributed by atoms with Crippen LogP contribution in [-0.4, -0.2) is 7.11 Å². The van der Waals surface area contributed by atoms with E-state index in [-0.39, 0.29) is 0 Å². The summed E-state index contributed by atoms with van der Waals surface area (Å²) >= 11 is 0. The van der Waals surface area contributed by atoms with Crippen LogP contribution in [-0.2, 0) is 0 Å². The van der Waals surface area contributed by atoms with Gasteiger partial charge in [-0.25, -0.2) is 0 Å². The Labute approximate surface area is 85.6 Å². The van der Waals surface area contributed by atoms with Gasteiger partial charge in [-0.2, -0.15) is 0 Å². The lowest BCUT2D eigenvalue weighted by Gasteiger charge is -2.12. The molecule has 0 fully saturated rings. The van der Waals surface area contributed by atoms with E-state index in [4.69, 9.17) is 4.74 Å². The lowest BCUT2D eigenvalue weighted by atomic mass is 10.1. The minimum Gasteiger partial charge on any atom is -0.497 e. The molecule has 0 amide bonds. The van der Waals surface area contributed by atoms with E-state index in [1.54, 1.807) is 7.11 Å². The zero-order valence-electron chi connectivity index (χ0n) is 9.00. The van der Waals surface area contributed by atoms with Crippen molar-refractivity contribution in [2.45, 2.75) is 13.8 Å². The molecule has 0 bridgehead atoms. The van der Waals surface area contributed by atoms with Crippen molar-refractivity contribution in [1.29, 1.82) is 0 Å². The smallest absolute Gasteiger partial charge is 0.119 e. The number of hydrogen-bond acceptors (Lipinski definition) is 2. The Bertz CT molecular complexity index is 301. The highest BCUT2D eigenvalue weighted by Gasteiger charge is 2.00. The standard InChI is InChI=1S/C12H17NO/c1-9(2)10(3)13-11-5-7-12(14-4)8-6-11/h5-9,13H,3H2,1-2,4H3. The molecule has 1 aromatic rings. The highest BCUT2D eigenvalue weighted by molar-refractivity contribution is 5.50. The van der Waals surface area contributed by atoms with Gasteiger partial charge in [0.15, 0.2) is 0 Å². The maximum absolute atomic E-state index is 5.07. The van der Waals surface area contributed by atoms with Gasteiger partial charge in [0.25, 0.3) is 0 Å². The van der Waals surface area contributed by atoms with Gasteiger partial charge >= 0.3 is 0 Å². The third-order valence-electron chi connectivity index (χ3n) is 2.09. The van der Waals surface area contributed by atoms with Gasteiger partial charge in [-0.15, -0.1) is 0 Å². The van der Waals surface area contributed by atoms with Crippen LogP contribution in [0.4, 0.5) is 5.69 Å². The minimum atomic E-state index is 0.442. The van der Waals surface area contributed by atoms with Crippen LogP contribution in [0.5, 0.6) is 5.75 Å². The number of nitrogens with one attached hydrogen (secondary N) is 1. The second-order valence-corrected chi connectivity index (χ2v) is 3.53. The van der Waals surface area contributed by atoms with Crippen LogP contribution in [0.15, 0.2) is 36.5 Å². The van der Waals surface area contributed by atoms with Crippen LogP contribution in [0, 0.1) is 5.92 Å². The topological polar surface area (TPSA) is 21.3 Å². The predicted octanol–water partition coefficient (Wildman–Crippen LogP) is 3.28. The van der Waals surface area contributed by atoms with Gasteiger partial charge in [0.2, 0.25) is 0 Å². The summed E-state index contributed by atoms with van der Waals surface area (Å²) in [4.78, 5) is 0. The number of methoxy groups -OCH3 is 1. The molecule has 0 unspecified atom stereocenters. The molecular formula is C12H17NO. The first-order valence-electron chi connectivity index (χ1n) is 4.73. The Kier molecular flexibility index (Phi) is 3.57. The molecule has 1 rings (SSSR count). The predicted molar refractivity (Wildman–Crippen MR) is 60.6 cm³/mol. The monoisotopic (exact) mass is 191 g/mol. The summed E-state index contributed by atoms with van der Waals surface area (Å²) in [5, 5.41) is 3.24. The van der Waals surface area contributed by atoms with Gasteiger partial charge in [-0.05, 0) is 30.2 Å². The van der Waals surface area contributed by atoms with Gasteiger partial charge < -0.3 is 10.1 Å². The fraction of sp³-hybridized carbons (Fsp3) is 0.333. The van der Waals surface area contributed by atoms with E-state index in [2.05, 4.69) is 25.7 Å². The molecule has 0 atom stereocenters. The molecule has 0 aromatic heterocycles. The van der Waals surface area contributed by atoms with Crippen molar-refractivity contribution in [3.05, 3.63) is 36.5 Å². The summed E-state index contributed by atoms with van der Waals surface area (Å²) in [5.74, 6) is 1.31. The number of anilines is 1. The van der Waals surface area contributed by atoms with Crippen molar-refractivity contribution in [1.82, 2.24) is 0 Å². The average molecular weight is 191 g/mol. The second-order valence-electron chi connectivity index (χ2n) is 3.53. The lowest BCUT2D eigenvalue weighted by molar-refractivity contribution is 0.415. The van der Waals surface area contributed by atoms with E-state index in [1.165, 1.54) is 0 Å². The van der Waals surface area contributed by atoms with E-state index in [9.17, 15) is 0 Å². The fourth-order valence-electron chi connectivity index (χ4n) is 1.00. The third kappa shape index (κ3) is 2.80. The first-order valence-corrected chi connectivity index (χ1v) is 4.73. The van der Waals surface area contributed by atoms with Crippen molar-refractivity contribution in [2.75, 3.05) is 12.4 Å². The Morgan fingerprint density at radius 3 is 2.29 bits per heavy atom. The molecule has 0 heterocycles. The molecule has 0 saturated carbocycles. The molecule has 1 aromatic carbocycles. The van der Waals surface area contributed by atoms with Gasteiger partial charge in [0, 0.05) is 11.4 Å². The number of ether oxygens (including phenoxy) is 1. The van der Waals surface area contributed by atoms with E-state index >= 15 is 0 Å². The summed E-state index contributed by atoms with van der Waals surface area (Å²) in [6.45, 7) is 8.17. The molecule has 0 spiro atoms. The Morgan fingerprint density at radius 2 is 1.86 bits per heavy atom. The Hall–Kier alpha value is -1.44. The number of benzene rings is 1. The minimum absolute atomic E-state index is 0.442.